The summed E-state index contributed by atoms with van der Waals surface area (Å²) in [5.41, 5.74) is 29.5. The number of H-pyrrole nitrogens is 1. The molecule has 3 aliphatic heterocycles. The highest BCUT2D eigenvalue weighted by molar-refractivity contribution is 6.00. The molecule has 21 N–H and O–H groups in total. The monoisotopic (exact) mass is 1290 g/mol. The summed E-state index contributed by atoms with van der Waals surface area (Å²) in [7, 11) is 0. The molecule has 504 valence electrons. The van der Waals surface area contributed by atoms with Crippen LogP contribution in [-0.2, 0) is 70.4 Å². The van der Waals surface area contributed by atoms with Crippen molar-refractivity contribution in [1.82, 2.24) is 62.6 Å². The van der Waals surface area contributed by atoms with Crippen LogP contribution in [0.4, 0.5) is 0 Å². The van der Waals surface area contributed by atoms with Crippen molar-refractivity contribution < 1.29 is 62.6 Å². The molecule has 32 heteroatoms. The van der Waals surface area contributed by atoms with Crippen LogP contribution in [0.25, 0.3) is 10.9 Å². The van der Waals surface area contributed by atoms with Crippen LogP contribution in [0.5, 0.6) is 0 Å². The first-order valence-electron chi connectivity index (χ1n) is 30.9. The van der Waals surface area contributed by atoms with E-state index >= 15 is 9.59 Å². The van der Waals surface area contributed by atoms with E-state index in [9.17, 15) is 53.1 Å². The molecule has 2 aromatic carbocycles. The summed E-state index contributed by atoms with van der Waals surface area (Å²) in [6, 6.07) is 1.25. The van der Waals surface area contributed by atoms with Gasteiger partial charge in [-0.2, -0.15) is 0 Å². The number of hydrogen-bond acceptors (Lipinski definition) is 15. The Labute approximate surface area is 537 Å². The molecule has 1 aromatic heterocycles. The number of likely N-dealkylation sites (tertiary alicyclic amines) is 1. The molecule has 4 heterocycles. The number of nitrogens with one attached hydrogen (secondary N) is 10. The quantitative estimate of drug-likeness (QED) is 0.0155. The lowest BCUT2D eigenvalue weighted by atomic mass is 10.0. The van der Waals surface area contributed by atoms with Gasteiger partial charge in [-0.05, 0) is 95.2 Å². The Morgan fingerprint density at radius 3 is 1.98 bits per heavy atom. The summed E-state index contributed by atoms with van der Waals surface area (Å²) in [5.74, 6) is -9.84. The fraction of sp³-hybridized carbons (Fsp3) is 0.508. The van der Waals surface area contributed by atoms with Gasteiger partial charge in [0.1, 0.15) is 66.5 Å². The van der Waals surface area contributed by atoms with Crippen LogP contribution in [-0.4, -0.2) is 202 Å². The third-order valence-electron chi connectivity index (χ3n) is 16.0. The predicted octanol–water partition coefficient (Wildman–Crippen LogP) is -4.71. The minimum Gasteiger partial charge on any atom is -0.394 e. The number of aromatic nitrogens is 1. The number of carbonyl (C=O) groups is 12. The van der Waals surface area contributed by atoms with Gasteiger partial charge in [0.05, 0.1) is 6.61 Å². The molecule has 2 saturated heterocycles. The number of rotatable bonds is 26. The number of nitrogens with zero attached hydrogens (tertiary/aromatic N) is 4. The van der Waals surface area contributed by atoms with Gasteiger partial charge in [0.15, 0.2) is 11.9 Å². The topological polar surface area (TPSA) is 510 Å². The van der Waals surface area contributed by atoms with Crippen molar-refractivity contribution in [3.8, 4) is 0 Å². The van der Waals surface area contributed by atoms with Crippen molar-refractivity contribution in [2.75, 3.05) is 32.8 Å². The number of fused-ring (bicyclic) bond motifs is 2. The van der Waals surface area contributed by atoms with E-state index in [0.29, 0.717) is 34.9 Å². The molecule has 11 atom stereocenters. The van der Waals surface area contributed by atoms with Crippen LogP contribution >= 0.6 is 0 Å². The molecule has 0 aliphatic carbocycles. The van der Waals surface area contributed by atoms with Crippen molar-refractivity contribution in [1.29, 1.82) is 0 Å². The first-order valence-corrected chi connectivity index (χ1v) is 30.9. The SMILES string of the molecule is CC(=O)N[C@@H](CO)C(=O)N[C@@H](C)C(=O)N[C@@H](CCCN=C(N)N)C(=O)N[C@@H](Cc1c[nH]c2ccccc12)C(=O)N[C@H]1C/C=C\C[C@@H](C(=O)N2CCC[C@H]2C(=O)N[C@@H](CCCN=C(N)N)C(N)=O)NC(=O)[C@H](C)NC(=O)[C@@H]2CCCN2C(=O)[C@H](Cc2ccccc2)NC1=O. The maximum atomic E-state index is 15.2. The zero-order valence-electron chi connectivity index (χ0n) is 52.3. The summed E-state index contributed by atoms with van der Waals surface area (Å²) in [6.45, 7) is 3.37. The maximum Gasteiger partial charge on any atom is 0.246 e. The van der Waals surface area contributed by atoms with E-state index in [4.69, 9.17) is 28.7 Å². The molecule has 0 unspecified atom stereocenters. The number of aromatic amines is 1. The van der Waals surface area contributed by atoms with Crippen LogP contribution in [0.2, 0.25) is 0 Å². The molecule has 3 aromatic rings. The highest BCUT2D eigenvalue weighted by Gasteiger charge is 2.42. The number of para-hydroxylation sites is 1. The third-order valence-corrected chi connectivity index (χ3v) is 16.0. The number of aliphatic hydroxyl groups is 1. The van der Waals surface area contributed by atoms with Crippen molar-refractivity contribution in [2.45, 2.75) is 164 Å². The summed E-state index contributed by atoms with van der Waals surface area (Å²) >= 11 is 0. The fourth-order valence-corrected chi connectivity index (χ4v) is 11.1. The molecule has 12 amide bonds. The molecule has 0 bridgehead atoms. The van der Waals surface area contributed by atoms with Gasteiger partial charge in [0, 0.05) is 63.0 Å². The van der Waals surface area contributed by atoms with Crippen LogP contribution in [0.3, 0.4) is 0 Å². The first kappa shape index (κ1) is 71.9. The van der Waals surface area contributed by atoms with Crippen molar-refractivity contribution in [3.05, 3.63) is 84.1 Å². The molecular formula is C61H87N19O13. The second kappa shape index (κ2) is 34.9. The molecule has 2 fully saturated rings. The molecular weight excluding hydrogens is 1210 g/mol. The summed E-state index contributed by atoms with van der Waals surface area (Å²) in [4.78, 5) is 182. The number of benzene rings is 2. The summed E-state index contributed by atoms with van der Waals surface area (Å²) < 4.78 is 0. The van der Waals surface area contributed by atoms with Gasteiger partial charge in [-0.15, -0.1) is 0 Å². The van der Waals surface area contributed by atoms with E-state index in [1.807, 2.05) is 0 Å². The first-order chi connectivity index (χ1) is 44.3. The summed E-state index contributed by atoms with van der Waals surface area (Å²) in [5, 5.41) is 34.1. The Kier molecular flexibility index (Phi) is 27.0. The number of guanidine groups is 2. The Morgan fingerprint density at radius 2 is 1.31 bits per heavy atom. The number of carbonyl (C=O) groups excluding carboxylic acids is 12. The molecule has 0 saturated carbocycles. The lowest BCUT2D eigenvalue weighted by Crippen LogP contribution is -2.60. The molecule has 32 nitrogen and oxygen atoms in total. The van der Waals surface area contributed by atoms with Crippen LogP contribution < -0.4 is 76.5 Å². The average molecular weight is 1290 g/mol. The van der Waals surface area contributed by atoms with Crippen LogP contribution in [0, 0.1) is 0 Å². The van der Waals surface area contributed by atoms with Gasteiger partial charge in [-0.25, -0.2) is 0 Å². The fourth-order valence-electron chi connectivity index (χ4n) is 11.1. The number of amides is 12. The zero-order valence-corrected chi connectivity index (χ0v) is 52.3. The van der Waals surface area contributed by atoms with Gasteiger partial charge in [-0.1, -0.05) is 60.7 Å². The average Bonchev–Trinajstić information content (AvgIpc) is 1.79. The second-order valence-corrected chi connectivity index (χ2v) is 23.1. The number of aliphatic hydroxyl groups excluding tert-OH is 1. The van der Waals surface area contributed by atoms with Crippen molar-refractivity contribution >= 4 is 93.7 Å². The third kappa shape index (κ3) is 21.2. The van der Waals surface area contributed by atoms with E-state index in [1.165, 1.54) is 35.8 Å². The Morgan fingerprint density at radius 1 is 0.677 bits per heavy atom. The largest absolute Gasteiger partial charge is 0.394 e. The van der Waals surface area contributed by atoms with E-state index in [-0.39, 0.29) is 102 Å². The predicted molar refractivity (Wildman–Crippen MR) is 340 cm³/mol. The second-order valence-electron chi connectivity index (χ2n) is 23.1. The lowest BCUT2D eigenvalue weighted by molar-refractivity contribution is -0.143. The van der Waals surface area contributed by atoms with Crippen LogP contribution in [0.15, 0.2) is 82.9 Å². The maximum absolute atomic E-state index is 15.2. The van der Waals surface area contributed by atoms with E-state index in [2.05, 4.69) is 62.8 Å². The minimum absolute atomic E-state index is 0.00561. The minimum atomic E-state index is -1.57. The number of primary amides is 1. The standard InChI is InChI=1S/C61H87N19O13/c1-33(70-55(89)46(32-81)72-35(3)82)50(84)74-42(22-12-26-68-61(65)66)52(86)77-44(30-37-31-69-39-18-8-7-17-38(37)39)54(88)75-41-19-9-10-20-43(58(92)79-27-14-24-48(79)57(91)73-40(49(62)83)21-11-25-67-60(63)64)76-51(85)34(2)71-56(90)47-23-13-28-80(47)59(93)45(78-53(41)87)29-36-15-5-4-6-16-36/h4-10,15-18,31,33-34,40-48,69,81H,11-14,19-30,32H2,1-3H3,(H2,62,83)(H,70,89)(H,71,90)(H,72,82)(H,73,91)(H,74,84)(H,75,88)(H,76,85)(H,77,86)(H,78,87)(H4,63,64,67)(H4,65,66,68)/b10-9-/t33-,34-,40-,41-,42-,43-,44-,45-,46-,47-,48-/m0/s1. The Bertz CT molecular complexity index is 3280. The van der Waals surface area contributed by atoms with Gasteiger partial charge in [0.2, 0.25) is 70.9 Å². The van der Waals surface area contributed by atoms with Gasteiger partial charge < -0.3 is 96.4 Å². The van der Waals surface area contributed by atoms with E-state index in [0.717, 1.165) is 6.92 Å². The Hall–Kier alpha value is -10.1. The highest BCUT2D eigenvalue weighted by atomic mass is 16.3. The zero-order chi connectivity index (χ0) is 67.9. The van der Waals surface area contributed by atoms with Crippen LogP contribution in [0.1, 0.15) is 96.1 Å². The van der Waals surface area contributed by atoms with Gasteiger partial charge in [-0.3, -0.25) is 67.5 Å². The van der Waals surface area contributed by atoms with E-state index in [1.54, 1.807) is 60.8 Å². The lowest BCUT2D eigenvalue weighted by Gasteiger charge is -2.31. The van der Waals surface area contributed by atoms with Crippen molar-refractivity contribution in [2.24, 2.45) is 38.7 Å². The highest BCUT2D eigenvalue weighted by Crippen LogP contribution is 2.24. The Balaban J connectivity index is 1.36. The summed E-state index contributed by atoms with van der Waals surface area (Å²) in [6.07, 6.45) is 5.13. The molecule has 93 heavy (non-hydrogen) atoms. The molecule has 0 radical (unpaired) electrons. The smallest absolute Gasteiger partial charge is 0.246 e. The van der Waals surface area contributed by atoms with Gasteiger partial charge >= 0.3 is 0 Å². The normalized spacial score (nSPS) is 21.5. The van der Waals surface area contributed by atoms with Crippen molar-refractivity contribution in [3.63, 3.8) is 0 Å². The van der Waals surface area contributed by atoms with Gasteiger partial charge in [0.25, 0.3) is 0 Å². The van der Waals surface area contributed by atoms with E-state index < -0.39 is 144 Å². The molecule has 6 rings (SSSR count). The molecule has 3 aliphatic rings. The number of hydrogen-bond donors (Lipinski definition) is 16. The molecule has 0 spiro atoms. The number of nitrogens with two attached hydrogens (primary N) is 5. The number of aliphatic imine (C=N–C) groups is 2.